The first-order valence-corrected chi connectivity index (χ1v) is 7.07. The number of alkyl halides is 1. The van der Waals surface area contributed by atoms with Crippen molar-refractivity contribution in [2.24, 2.45) is 0 Å². The topological polar surface area (TPSA) is 12.5 Å². The van der Waals surface area contributed by atoms with Crippen molar-refractivity contribution in [2.45, 2.75) is 12.8 Å². The van der Waals surface area contributed by atoms with Gasteiger partial charge in [-0.05, 0) is 60.1 Å². The Balaban J connectivity index is 2.44. The van der Waals surface area contributed by atoms with Crippen LogP contribution in [0.3, 0.4) is 0 Å². The van der Waals surface area contributed by atoms with Gasteiger partial charge in [0.05, 0.1) is 11.6 Å². The van der Waals surface area contributed by atoms with E-state index in [9.17, 15) is 0 Å². The molecule has 0 unspecified atom stereocenters. The van der Waals surface area contributed by atoms with Gasteiger partial charge in [-0.25, -0.2) is 0 Å². The highest BCUT2D eigenvalue weighted by atomic mass is 79.9. The van der Waals surface area contributed by atoms with Crippen LogP contribution in [0.4, 0.5) is 0 Å². The van der Waals surface area contributed by atoms with Crippen LogP contribution in [0.1, 0.15) is 12.0 Å². The van der Waals surface area contributed by atoms with Gasteiger partial charge in [-0.2, -0.15) is 0 Å². The van der Waals surface area contributed by atoms with E-state index in [0.717, 1.165) is 42.0 Å². The van der Waals surface area contributed by atoms with Crippen molar-refractivity contribution in [2.75, 3.05) is 33.1 Å². The highest BCUT2D eigenvalue weighted by Crippen LogP contribution is 2.25. The van der Waals surface area contributed by atoms with Crippen LogP contribution in [0, 0.1) is 0 Å². The number of nitrogens with zero attached hydrogens (tertiary/aromatic N) is 1. The molecular formula is C13H19BrClNO. The zero-order chi connectivity index (χ0) is 12.7. The molecule has 0 saturated carbocycles. The maximum absolute atomic E-state index is 5.67. The molecule has 2 nitrogen and oxygen atoms in total. The summed E-state index contributed by atoms with van der Waals surface area (Å²) in [6.07, 6.45) is 2.09. The minimum Gasteiger partial charge on any atom is -0.496 e. The van der Waals surface area contributed by atoms with Gasteiger partial charge in [-0.15, -0.1) is 11.6 Å². The van der Waals surface area contributed by atoms with Crippen LogP contribution in [-0.2, 0) is 6.42 Å². The molecule has 1 aromatic carbocycles. The number of hydrogen-bond acceptors (Lipinski definition) is 2. The van der Waals surface area contributed by atoms with Crippen LogP contribution in [-0.4, -0.2) is 38.0 Å². The second kappa shape index (κ2) is 7.96. The van der Waals surface area contributed by atoms with Crippen LogP contribution < -0.4 is 4.74 Å². The molecule has 96 valence electrons. The molecule has 4 heteroatoms. The number of halogens is 2. The standard InChI is InChI=1S/C13H19BrClNO/c1-16(8-3-7-15)9-6-11-4-5-13(17-2)12(14)10-11/h4-5,10H,3,6-9H2,1-2H3. The minimum absolute atomic E-state index is 0.735. The monoisotopic (exact) mass is 319 g/mol. The fourth-order valence-corrected chi connectivity index (χ4v) is 2.33. The summed E-state index contributed by atoms with van der Waals surface area (Å²) in [5.41, 5.74) is 1.32. The fourth-order valence-electron chi connectivity index (χ4n) is 1.63. The molecule has 1 rings (SSSR count). The van der Waals surface area contributed by atoms with Crippen molar-refractivity contribution in [3.05, 3.63) is 28.2 Å². The zero-order valence-corrected chi connectivity index (χ0v) is 12.7. The van der Waals surface area contributed by atoms with E-state index in [0.29, 0.717) is 0 Å². The maximum Gasteiger partial charge on any atom is 0.133 e. The van der Waals surface area contributed by atoms with Gasteiger partial charge in [0.25, 0.3) is 0 Å². The van der Waals surface area contributed by atoms with Crippen LogP contribution in [0.25, 0.3) is 0 Å². The number of ether oxygens (including phenoxy) is 1. The lowest BCUT2D eigenvalue weighted by molar-refractivity contribution is 0.340. The molecule has 1 aromatic rings. The SMILES string of the molecule is COc1ccc(CCN(C)CCCCl)cc1Br. The largest absolute Gasteiger partial charge is 0.496 e. The van der Waals surface area contributed by atoms with Gasteiger partial charge in [0.2, 0.25) is 0 Å². The van der Waals surface area contributed by atoms with E-state index in [4.69, 9.17) is 16.3 Å². The summed E-state index contributed by atoms with van der Waals surface area (Å²) in [7, 11) is 3.81. The van der Waals surface area contributed by atoms with Gasteiger partial charge in [0.15, 0.2) is 0 Å². The summed E-state index contributed by atoms with van der Waals surface area (Å²) in [6, 6.07) is 6.23. The molecule has 0 heterocycles. The summed E-state index contributed by atoms with van der Waals surface area (Å²) in [6.45, 7) is 2.11. The second-order valence-electron chi connectivity index (χ2n) is 4.06. The first-order chi connectivity index (χ1) is 8.17. The molecule has 0 aliphatic heterocycles. The molecule has 17 heavy (non-hydrogen) atoms. The molecular weight excluding hydrogens is 302 g/mol. The van der Waals surface area contributed by atoms with Crippen LogP contribution in [0.15, 0.2) is 22.7 Å². The normalized spacial score (nSPS) is 10.9. The fraction of sp³-hybridized carbons (Fsp3) is 0.538. The van der Waals surface area contributed by atoms with E-state index in [-0.39, 0.29) is 0 Å². The Morgan fingerprint density at radius 1 is 1.35 bits per heavy atom. The lowest BCUT2D eigenvalue weighted by atomic mass is 10.1. The molecule has 0 fully saturated rings. The van der Waals surface area contributed by atoms with Gasteiger partial charge in [0.1, 0.15) is 5.75 Å². The molecule has 0 aliphatic carbocycles. The van der Waals surface area contributed by atoms with Crippen molar-refractivity contribution in [1.29, 1.82) is 0 Å². The Labute approximate surface area is 117 Å². The number of methoxy groups -OCH3 is 1. The Kier molecular flexibility index (Phi) is 6.93. The smallest absolute Gasteiger partial charge is 0.133 e. The van der Waals surface area contributed by atoms with Crippen molar-refractivity contribution in [3.8, 4) is 5.75 Å². The summed E-state index contributed by atoms with van der Waals surface area (Å²) < 4.78 is 6.22. The van der Waals surface area contributed by atoms with Gasteiger partial charge < -0.3 is 9.64 Å². The first kappa shape index (κ1) is 14.8. The minimum atomic E-state index is 0.735. The Bertz CT molecular complexity index is 346. The average molecular weight is 321 g/mol. The van der Waals surface area contributed by atoms with Crippen molar-refractivity contribution in [1.82, 2.24) is 4.90 Å². The second-order valence-corrected chi connectivity index (χ2v) is 5.30. The summed E-state index contributed by atoms with van der Waals surface area (Å²) >= 11 is 9.17. The highest BCUT2D eigenvalue weighted by molar-refractivity contribution is 9.10. The Morgan fingerprint density at radius 3 is 2.71 bits per heavy atom. The number of hydrogen-bond donors (Lipinski definition) is 0. The molecule has 0 saturated heterocycles. The molecule has 0 bridgehead atoms. The van der Waals surface area contributed by atoms with E-state index in [2.05, 4.69) is 40.0 Å². The predicted molar refractivity (Wildman–Crippen MR) is 77.2 cm³/mol. The number of likely N-dealkylation sites (N-methyl/N-ethyl adjacent to an activating group) is 1. The predicted octanol–water partition coefficient (Wildman–Crippen LogP) is 3.56. The number of benzene rings is 1. The van der Waals surface area contributed by atoms with Crippen molar-refractivity contribution < 1.29 is 4.74 Å². The molecule has 0 spiro atoms. The van der Waals surface area contributed by atoms with E-state index >= 15 is 0 Å². The Hall–Kier alpha value is -0.250. The summed E-state index contributed by atoms with van der Waals surface area (Å²) in [5.74, 6) is 1.61. The molecule has 0 aliphatic rings. The highest BCUT2D eigenvalue weighted by Gasteiger charge is 2.03. The van der Waals surface area contributed by atoms with Gasteiger partial charge in [0, 0.05) is 12.4 Å². The lowest BCUT2D eigenvalue weighted by Crippen LogP contribution is -2.22. The van der Waals surface area contributed by atoms with Crippen LogP contribution in [0.5, 0.6) is 5.75 Å². The third-order valence-corrected chi connectivity index (χ3v) is 3.56. The summed E-state index contributed by atoms with van der Waals surface area (Å²) in [5, 5.41) is 0. The van der Waals surface area contributed by atoms with E-state index in [1.807, 2.05) is 6.07 Å². The molecule has 0 radical (unpaired) electrons. The van der Waals surface area contributed by atoms with E-state index in [1.165, 1.54) is 5.56 Å². The van der Waals surface area contributed by atoms with Gasteiger partial charge in [-0.1, -0.05) is 6.07 Å². The van der Waals surface area contributed by atoms with E-state index in [1.54, 1.807) is 7.11 Å². The maximum atomic E-state index is 5.67. The zero-order valence-electron chi connectivity index (χ0n) is 10.4. The van der Waals surface area contributed by atoms with Crippen LogP contribution in [0.2, 0.25) is 0 Å². The third kappa shape index (κ3) is 5.28. The van der Waals surface area contributed by atoms with Crippen molar-refractivity contribution >= 4 is 27.5 Å². The first-order valence-electron chi connectivity index (χ1n) is 5.74. The van der Waals surface area contributed by atoms with E-state index < -0.39 is 0 Å². The molecule has 0 N–H and O–H groups in total. The molecule has 0 amide bonds. The summed E-state index contributed by atoms with van der Waals surface area (Å²) in [4.78, 5) is 2.31. The van der Waals surface area contributed by atoms with Gasteiger partial charge >= 0.3 is 0 Å². The molecule has 0 aromatic heterocycles. The third-order valence-electron chi connectivity index (χ3n) is 2.67. The molecule has 0 atom stereocenters. The lowest BCUT2D eigenvalue weighted by Gasteiger charge is -2.16. The van der Waals surface area contributed by atoms with Crippen molar-refractivity contribution in [3.63, 3.8) is 0 Å². The van der Waals surface area contributed by atoms with Crippen LogP contribution >= 0.6 is 27.5 Å². The number of rotatable bonds is 7. The average Bonchev–Trinajstić information content (AvgIpc) is 2.34. The van der Waals surface area contributed by atoms with Gasteiger partial charge in [-0.3, -0.25) is 0 Å². The quantitative estimate of drug-likeness (QED) is 0.712. The Morgan fingerprint density at radius 2 is 2.12 bits per heavy atom.